The van der Waals surface area contributed by atoms with Crippen LogP contribution in [0.25, 0.3) is 5.65 Å². The molecular weight excluding hydrogens is 364 g/mol. The molecule has 0 aliphatic carbocycles. The highest BCUT2D eigenvalue weighted by atomic mass is 16.2. The Labute approximate surface area is 169 Å². The highest BCUT2D eigenvalue weighted by Crippen LogP contribution is 2.26. The molecule has 4 heterocycles. The SMILES string of the molecule is O=C(C1CCN(c2cc(=O)n3ccccc3n2)CC1)N1CCc2ccccc2C1. The lowest BCUT2D eigenvalue weighted by Gasteiger charge is -2.36. The molecule has 1 aromatic carbocycles. The number of pyridine rings is 1. The molecular formula is C23H24N4O2. The lowest BCUT2D eigenvalue weighted by molar-refractivity contribution is -0.137. The van der Waals surface area contributed by atoms with E-state index in [2.05, 4.69) is 28.1 Å². The molecule has 1 amide bonds. The molecule has 2 aliphatic heterocycles. The predicted molar refractivity (Wildman–Crippen MR) is 112 cm³/mol. The number of anilines is 1. The molecule has 2 aliphatic rings. The van der Waals surface area contributed by atoms with E-state index in [0.29, 0.717) is 11.5 Å². The van der Waals surface area contributed by atoms with E-state index in [1.54, 1.807) is 16.7 Å². The number of piperidine rings is 1. The minimum atomic E-state index is -0.0734. The van der Waals surface area contributed by atoms with Crippen molar-refractivity contribution in [2.75, 3.05) is 24.5 Å². The molecule has 0 N–H and O–H groups in total. The predicted octanol–water partition coefficient (Wildman–Crippen LogP) is 2.50. The lowest BCUT2D eigenvalue weighted by Crippen LogP contribution is -2.44. The summed E-state index contributed by atoms with van der Waals surface area (Å²) < 4.78 is 1.55. The van der Waals surface area contributed by atoms with Gasteiger partial charge in [0.1, 0.15) is 11.5 Å². The van der Waals surface area contributed by atoms with Crippen molar-refractivity contribution in [2.45, 2.75) is 25.8 Å². The van der Waals surface area contributed by atoms with E-state index in [4.69, 9.17) is 0 Å². The van der Waals surface area contributed by atoms with Crippen LogP contribution in [0.4, 0.5) is 5.82 Å². The first-order chi connectivity index (χ1) is 14.2. The number of carbonyl (C=O) groups excluding carboxylic acids is 1. The number of amides is 1. The number of carbonyl (C=O) groups is 1. The van der Waals surface area contributed by atoms with E-state index < -0.39 is 0 Å². The first-order valence-corrected chi connectivity index (χ1v) is 10.3. The molecule has 0 radical (unpaired) electrons. The van der Waals surface area contributed by atoms with Gasteiger partial charge in [-0.25, -0.2) is 4.98 Å². The standard InChI is InChI=1S/C23H24N4O2/c28-22-15-21(24-20-7-3-4-11-27(20)22)25-12-9-18(10-13-25)23(29)26-14-8-17-5-1-2-6-19(17)16-26/h1-7,11,15,18H,8-10,12-14,16H2. The Hall–Kier alpha value is -3.15. The van der Waals surface area contributed by atoms with Crippen LogP contribution in [0.2, 0.25) is 0 Å². The summed E-state index contributed by atoms with van der Waals surface area (Å²) in [6.07, 6.45) is 4.27. The third kappa shape index (κ3) is 3.39. The molecule has 0 atom stereocenters. The van der Waals surface area contributed by atoms with Crippen LogP contribution in [0.5, 0.6) is 0 Å². The fraction of sp³-hybridized carbons (Fsp3) is 0.348. The van der Waals surface area contributed by atoms with E-state index in [0.717, 1.165) is 45.4 Å². The second-order valence-corrected chi connectivity index (χ2v) is 7.92. The molecule has 0 unspecified atom stereocenters. The summed E-state index contributed by atoms with van der Waals surface area (Å²) in [6, 6.07) is 15.5. The van der Waals surface area contributed by atoms with Gasteiger partial charge in [0.25, 0.3) is 5.56 Å². The summed E-state index contributed by atoms with van der Waals surface area (Å²) in [5.41, 5.74) is 3.21. The average Bonchev–Trinajstić information content (AvgIpc) is 2.78. The minimum Gasteiger partial charge on any atom is -0.356 e. The van der Waals surface area contributed by atoms with Crippen molar-refractivity contribution >= 4 is 17.4 Å². The Morgan fingerprint density at radius 1 is 0.966 bits per heavy atom. The highest BCUT2D eigenvalue weighted by Gasteiger charge is 2.30. The van der Waals surface area contributed by atoms with Crippen LogP contribution in [0, 0.1) is 5.92 Å². The Bertz CT molecular complexity index is 1120. The summed E-state index contributed by atoms with van der Waals surface area (Å²) in [5, 5.41) is 0. The van der Waals surface area contributed by atoms with Crippen LogP contribution in [-0.4, -0.2) is 39.8 Å². The number of hydrogen-bond acceptors (Lipinski definition) is 4. The average molecular weight is 388 g/mol. The topological polar surface area (TPSA) is 57.9 Å². The van der Waals surface area contributed by atoms with Gasteiger partial charge in [0.15, 0.2) is 0 Å². The molecule has 0 spiro atoms. The zero-order valence-corrected chi connectivity index (χ0v) is 16.3. The van der Waals surface area contributed by atoms with Crippen LogP contribution >= 0.6 is 0 Å². The number of nitrogens with zero attached hydrogens (tertiary/aromatic N) is 4. The van der Waals surface area contributed by atoms with Gasteiger partial charge in [-0.3, -0.25) is 14.0 Å². The smallest absolute Gasteiger partial charge is 0.259 e. The van der Waals surface area contributed by atoms with E-state index in [9.17, 15) is 9.59 Å². The van der Waals surface area contributed by atoms with Gasteiger partial charge in [0.2, 0.25) is 5.91 Å². The van der Waals surface area contributed by atoms with Crippen LogP contribution in [0.1, 0.15) is 24.0 Å². The lowest BCUT2D eigenvalue weighted by atomic mass is 9.93. The maximum absolute atomic E-state index is 13.1. The Morgan fingerprint density at radius 2 is 1.72 bits per heavy atom. The first-order valence-electron chi connectivity index (χ1n) is 10.3. The fourth-order valence-electron chi connectivity index (χ4n) is 4.50. The van der Waals surface area contributed by atoms with Crippen molar-refractivity contribution in [1.82, 2.24) is 14.3 Å². The molecule has 1 saturated heterocycles. The first kappa shape index (κ1) is 17.9. The number of benzene rings is 1. The molecule has 5 rings (SSSR count). The zero-order chi connectivity index (χ0) is 19.8. The van der Waals surface area contributed by atoms with E-state index in [1.165, 1.54) is 11.1 Å². The van der Waals surface area contributed by atoms with Crippen LogP contribution in [-0.2, 0) is 17.8 Å². The molecule has 0 saturated carbocycles. The molecule has 148 valence electrons. The summed E-state index contributed by atoms with van der Waals surface area (Å²) in [4.78, 5) is 34.2. The number of rotatable bonds is 2. The fourth-order valence-corrected chi connectivity index (χ4v) is 4.50. The summed E-state index contributed by atoms with van der Waals surface area (Å²) in [7, 11) is 0. The third-order valence-corrected chi connectivity index (χ3v) is 6.17. The van der Waals surface area contributed by atoms with Gasteiger partial charge in [-0.05, 0) is 42.5 Å². The summed E-state index contributed by atoms with van der Waals surface area (Å²) in [6.45, 7) is 3.02. The quantitative estimate of drug-likeness (QED) is 0.677. The van der Waals surface area contributed by atoms with Gasteiger partial charge >= 0.3 is 0 Å². The molecule has 2 aromatic heterocycles. The van der Waals surface area contributed by atoms with Crippen LogP contribution in [0.15, 0.2) is 59.5 Å². The van der Waals surface area contributed by atoms with E-state index >= 15 is 0 Å². The van der Waals surface area contributed by atoms with Gasteiger partial charge in [0.05, 0.1) is 0 Å². The monoisotopic (exact) mass is 388 g/mol. The number of hydrogen-bond donors (Lipinski definition) is 0. The van der Waals surface area contributed by atoms with Gasteiger partial charge in [-0.2, -0.15) is 0 Å². The Balaban J connectivity index is 1.26. The van der Waals surface area contributed by atoms with Crippen LogP contribution in [0.3, 0.4) is 0 Å². The molecule has 3 aromatic rings. The summed E-state index contributed by atoms with van der Waals surface area (Å²) >= 11 is 0. The van der Waals surface area contributed by atoms with E-state index in [1.807, 2.05) is 29.2 Å². The second-order valence-electron chi connectivity index (χ2n) is 7.92. The van der Waals surface area contributed by atoms with E-state index in [-0.39, 0.29) is 17.4 Å². The van der Waals surface area contributed by atoms with Crippen molar-refractivity contribution < 1.29 is 4.79 Å². The molecule has 6 heteroatoms. The number of aromatic nitrogens is 2. The second kappa shape index (κ2) is 7.35. The van der Waals surface area contributed by atoms with Crippen molar-refractivity contribution in [3.05, 3.63) is 76.2 Å². The molecule has 29 heavy (non-hydrogen) atoms. The van der Waals surface area contributed by atoms with Crippen molar-refractivity contribution in [2.24, 2.45) is 5.92 Å². The van der Waals surface area contributed by atoms with Gasteiger partial charge in [-0.15, -0.1) is 0 Å². The Morgan fingerprint density at radius 3 is 2.55 bits per heavy atom. The zero-order valence-electron chi connectivity index (χ0n) is 16.3. The van der Waals surface area contributed by atoms with Crippen LogP contribution < -0.4 is 10.5 Å². The molecule has 1 fully saturated rings. The maximum atomic E-state index is 13.1. The molecule has 0 bridgehead atoms. The van der Waals surface area contributed by atoms with Crippen molar-refractivity contribution in [3.8, 4) is 0 Å². The van der Waals surface area contributed by atoms with Crippen molar-refractivity contribution in [3.63, 3.8) is 0 Å². The van der Waals surface area contributed by atoms with Crippen molar-refractivity contribution in [1.29, 1.82) is 0 Å². The Kier molecular flexibility index (Phi) is 4.54. The normalized spacial score (nSPS) is 17.4. The molecule has 6 nitrogen and oxygen atoms in total. The highest BCUT2D eigenvalue weighted by molar-refractivity contribution is 5.79. The van der Waals surface area contributed by atoms with Gasteiger partial charge in [-0.1, -0.05) is 30.3 Å². The number of fused-ring (bicyclic) bond motifs is 2. The minimum absolute atomic E-state index is 0.0538. The largest absolute Gasteiger partial charge is 0.356 e. The van der Waals surface area contributed by atoms with Gasteiger partial charge in [0, 0.05) is 44.4 Å². The van der Waals surface area contributed by atoms with Gasteiger partial charge < -0.3 is 9.80 Å². The summed E-state index contributed by atoms with van der Waals surface area (Å²) in [5.74, 6) is 1.03. The maximum Gasteiger partial charge on any atom is 0.259 e. The third-order valence-electron chi connectivity index (χ3n) is 6.17.